The van der Waals surface area contributed by atoms with Crippen LogP contribution in [-0.4, -0.2) is 6.54 Å². The number of dihydropyridines is 1. The number of nitriles is 1. The highest BCUT2D eigenvalue weighted by Crippen LogP contribution is 2.41. The Kier molecular flexibility index (Phi) is 3.86. The predicted molar refractivity (Wildman–Crippen MR) is 93.0 cm³/mol. The highest BCUT2D eigenvalue weighted by Gasteiger charge is 2.28. The third kappa shape index (κ3) is 2.52. The molecule has 0 spiro atoms. The second-order valence-corrected chi connectivity index (χ2v) is 7.23. The first-order chi connectivity index (χ1) is 10.0. The number of fused-ring (bicyclic) bond motifs is 1. The molecule has 0 unspecified atom stereocenters. The molecule has 0 bridgehead atoms. The Hall–Kier alpha value is -1.23. The van der Waals surface area contributed by atoms with Crippen LogP contribution in [0.2, 0.25) is 0 Å². The number of hydrogen-bond donors (Lipinski definition) is 2. The smallest absolute Gasteiger partial charge is 0.119 e. The molecule has 0 fully saturated rings. The molecule has 0 saturated heterocycles. The van der Waals surface area contributed by atoms with Crippen LogP contribution >= 0.6 is 47.8 Å². The molecule has 1 aromatic rings. The second-order valence-electron chi connectivity index (χ2n) is 4.60. The summed E-state index contributed by atoms with van der Waals surface area (Å²) in [4.78, 5) is 2.08. The van der Waals surface area contributed by atoms with Gasteiger partial charge < -0.3 is 16.0 Å². The van der Waals surface area contributed by atoms with E-state index in [0.717, 1.165) is 30.3 Å². The van der Waals surface area contributed by atoms with Gasteiger partial charge >= 0.3 is 0 Å². The Labute approximate surface area is 147 Å². The standard InChI is InChI=1S/C14H9Br3N4/c15-8-1-11(16)13(12(17)2-8)21-5-7-4-20-14(19)9(3-18)10(7)6-21/h1-2,4,6,20H,5,19H2. The van der Waals surface area contributed by atoms with Crippen LogP contribution in [0.4, 0.5) is 5.69 Å². The van der Waals surface area contributed by atoms with Gasteiger partial charge in [-0.3, -0.25) is 0 Å². The Bertz CT molecular complexity index is 748. The third-order valence-electron chi connectivity index (χ3n) is 3.29. The van der Waals surface area contributed by atoms with E-state index in [1.165, 1.54) is 0 Å². The summed E-state index contributed by atoms with van der Waals surface area (Å²) in [7, 11) is 0. The van der Waals surface area contributed by atoms with Crippen molar-refractivity contribution < 1.29 is 0 Å². The van der Waals surface area contributed by atoms with E-state index in [-0.39, 0.29) is 0 Å². The number of rotatable bonds is 1. The summed E-state index contributed by atoms with van der Waals surface area (Å²) in [5.41, 5.74) is 9.24. The molecule has 2 aliphatic heterocycles. The molecular weight excluding hydrogens is 464 g/mol. The minimum absolute atomic E-state index is 0.392. The maximum absolute atomic E-state index is 9.27. The van der Waals surface area contributed by atoms with Gasteiger partial charge in [0.05, 0.1) is 5.69 Å². The quantitative estimate of drug-likeness (QED) is 0.651. The number of nitrogens with two attached hydrogens (primary N) is 1. The normalized spacial score (nSPS) is 17.0. The monoisotopic (exact) mass is 470 g/mol. The van der Waals surface area contributed by atoms with Gasteiger partial charge in [0.2, 0.25) is 0 Å². The van der Waals surface area contributed by atoms with E-state index in [0.29, 0.717) is 17.9 Å². The zero-order chi connectivity index (χ0) is 15.1. The number of benzene rings is 1. The fourth-order valence-corrected chi connectivity index (χ4v) is 5.07. The van der Waals surface area contributed by atoms with Crippen LogP contribution in [0.5, 0.6) is 0 Å². The number of anilines is 1. The lowest BCUT2D eigenvalue weighted by atomic mass is 10.0. The largest absolute Gasteiger partial charge is 0.384 e. The van der Waals surface area contributed by atoms with Crippen LogP contribution < -0.4 is 16.0 Å². The lowest BCUT2D eigenvalue weighted by Gasteiger charge is -2.19. The van der Waals surface area contributed by atoms with Crippen molar-refractivity contribution >= 4 is 53.5 Å². The van der Waals surface area contributed by atoms with E-state index < -0.39 is 0 Å². The highest BCUT2D eigenvalue weighted by molar-refractivity contribution is 9.11. The number of halogens is 3. The van der Waals surface area contributed by atoms with Gasteiger partial charge in [0.15, 0.2) is 0 Å². The first-order valence-corrected chi connectivity index (χ1v) is 8.38. The van der Waals surface area contributed by atoms with Gasteiger partial charge in [-0.25, -0.2) is 0 Å². The van der Waals surface area contributed by atoms with E-state index in [4.69, 9.17) is 5.73 Å². The zero-order valence-electron chi connectivity index (χ0n) is 10.6. The van der Waals surface area contributed by atoms with E-state index >= 15 is 0 Å². The van der Waals surface area contributed by atoms with Crippen molar-refractivity contribution in [2.45, 2.75) is 0 Å². The molecule has 3 rings (SSSR count). The van der Waals surface area contributed by atoms with Crippen molar-refractivity contribution in [3.05, 3.63) is 60.5 Å². The summed E-state index contributed by atoms with van der Waals surface area (Å²) >= 11 is 10.6. The fraction of sp³-hybridized carbons (Fsp3) is 0.0714. The van der Waals surface area contributed by atoms with E-state index in [1.807, 2.05) is 24.5 Å². The molecular formula is C14H9Br3N4. The Morgan fingerprint density at radius 2 is 1.90 bits per heavy atom. The molecule has 2 heterocycles. The van der Waals surface area contributed by atoms with E-state index in [9.17, 15) is 5.26 Å². The van der Waals surface area contributed by atoms with Gasteiger partial charge in [-0.2, -0.15) is 5.26 Å². The van der Waals surface area contributed by atoms with Crippen molar-refractivity contribution in [3.63, 3.8) is 0 Å². The van der Waals surface area contributed by atoms with Gasteiger partial charge in [0, 0.05) is 37.9 Å². The molecule has 7 heteroatoms. The summed E-state index contributed by atoms with van der Waals surface area (Å²) in [6.07, 6.45) is 3.81. The van der Waals surface area contributed by atoms with E-state index in [2.05, 4.69) is 64.1 Å². The molecule has 0 aliphatic carbocycles. The van der Waals surface area contributed by atoms with Crippen molar-refractivity contribution in [3.8, 4) is 6.07 Å². The summed E-state index contributed by atoms with van der Waals surface area (Å²) in [6, 6.07) is 6.14. The van der Waals surface area contributed by atoms with Crippen LogP contribution in [0.3, 0.4) is 0 Å². The molecule has 0 aromatic heterocycles. The molecule has 0 saturated carbocycles. The average Bonchev–Trinajstić information content (AvgIpc) is 2.81. The minimum Gasteiger partial charge on any atom is -0.384 e. The highest BCUT2D eigenvalue weighted by atomic mass is 79.9. The molecule has 21 heavy (non-hydrogen) atoms. The van der Waals surface area contributed by atoms with Crippen molar-refractivity contribution in [1.29, 1.82) is 5.26 Å². The number of hydrogen-bond acceptors (Lipinski definition) is 4. The van der Waals surface area contributed by atoms with Gasteiger partial charge in [0.25, 0.3) is 0 Å². The predicted octanol–water partition coefficient (Wildman–Crippen LogP) is 3.86. The van der Waals surface area contributed by atoms with Gasteiger partial charge in [-0.05, 0) is 49.6 Å². The lowest BCUT2D eigenvalue weighted by Crippen LogP contribution is -2.22. The Morgan fingerprint density at radius 1 is 1.24 bits per heavy atom. The first kappa shape index (κ1) is 14.7. The van der Waals surface area contributed by atoms with Crippen LogP contribution in [0.1, 0.15) is 0 Å². The molecule has 0 atom stereocenters. The summed E-state index contributed by atoms with van der Waals surface area (Å²) < 4.78 is 2.91. The summed E-state index contributed by atoms with van der Waals surface area (Å²) in [6.45, 7) is 0.680. The van der Waals surface area contributed by atoms with E-state index in [1.54, 1.807) is 0 Å². The molecule has 4 nitrogen and oxygen atoms in total. The average molecular weight is 473 g/mol. The SMILES string of the molecule is N#CC1=C(N)NC=C2CN(c3c(Br)cc(Br)cc3Br)C=C21. The van der Waals surface area contributed by atoms with Crippen molar-refractivity contribution in [2.75, 3.05) is 11.4 Å². The maximum Gasteiger partial charge on any atom is 0.119 e. The second kappa shape index (κ2) is 5.52. The molecule has 2 aliphatic rings. The van der Waals surface area contributed by atoms with Gasteiger partial charge in [0.1, 0.15) is 17.5 Å². The Morgan fingerprint density at radius 3 is 2.52 bits per heavy atom. The molecule has 106 valence electrons. The number of nitrogens with one attached hydrogen (secondary N) is 1. The first-order valence-electron chi connectivity index (χ1n) is 6.00. The minimum atomic E-state index is 0.392. The lowest BCUT2D eigenvalue weighted by molar-refractivity contribution is 0.961. The summed E-state index contributed by atoms with van der Waals surface area (Å²) in [5.74, 6) is 0.392. The van der Waals surface area contributed by atoms with Crippen molar-refractivity contribution in [1.82, 2.24) is 5.32 Å². The maximum atomic E-state index is 9.27. The van der Waals surface area contributed by atoms with Crippen LogP contribution in [-0.2, 0) is 0 Å². The molecule has 0 radical (unpaired) electrons. The van der Waals surface area contributed by atoms with Gasteiger partial charge in [-0.1, -0.05) is 15.9 Å². The third-order valence-corrected chi connectivity index (χ3v) is 4.96. The molecule has 0 amide bonds. The molecule has 3 N–H and O–H groups in total. The fourth-order valence-electron chi connectivity index (χ4n) is 2.36. The molecule has 1 aromatic carbocycles. The number of allylic oxidation sites excluding steroid dienone is 1. The van der Waals surface area contributed by atoms with Crippen molar-refractivity contribution in [2.24, 2.45) is 5.73 Å². The number of nitrogens with zero attached hydrogens (tertiary/aromatic N) is 2. The van der Waals surface area contributed by atoms with Crippen LogP contribution in [0.25, 0.3) is 0 Å². The summed E-state index contributed by atoms with van der Waals surface area (Å²) in [5, 5.41) is 12.2. The van der Waals surface area contributed by atoms with Crippen LogP contribution in [0, 0.1) is 11.3 Å². The van der Waals surface area contributed by atoms with Gasteiger partial charge in [-0.15, -0.1) is 0 Å². The topological polar surface area (TPSA) is 65.1 Å². The Balaban J connectivity index is 2.08. The zero-order valence-corrected chi connectivity index (χ0v) is 15.4. The van der Waals surface area contributed by atoms with Crippen LogP contribution in [0.15, 0.2) is 60.5 Å².